The molecule has 54 heavy (non-hydrogen) atoms. The molecule has 0 saturated heterocycles. The maximum Gasteiger partial charge on any atom is 0.165 e. The van der Waals surface area contributed by atoms with Crippen molar-refractivity contribution in [3.8, 4) is 34.2 Å². The highest BCUT2D eigenvalue weighted by molar-refractivity contribution is 7.26. The summed E-state index contributed by atoms with van der Waals surface area (Å²) in [5, 5.41) is 14.7. The third-order valence-corrected chi connectivity index (χ3v) is 13.4. The van der Waals surface area contributed by atoms with Gasteiger partial charge in [0.25, 0.3) is 0 Å². The average molecular weight is 722 g/mol. The van der Waals surface area contributed by atoms with Gasteiger partial charge in [-0.2, -0.15) is 0 Å². The molecule has 9 aromatic carbocycles. The van der Waals surface area contributed by atoms with Crippen molar-refractivity contribution in [2.24, 2.45) is 0 Å². The van der Waals surface area contributed by atoms with E-state index in [4.69, 9.17) is 15.0 Å². The topological polar surface area (TPSA) is 38.7 Å². The van der Waals surface area contributed by atoms with Gasteiger partial charge in [-0.3, -0.25) is 0 Å². The van der Waals surface area contributed by atoms with E-state index in [9.17, 15) is 0 Å². The summed E-state index contributed by atoms with van der Waals surface area (Å²) in [7, 11) is 0. The molecule has 0 spiro atoms. The van der Waals surface area contributed by atoms with Crippen LogP contribution in [0, 0.1) is 0 Å². The highest BCUT2D eigenvalue weighted by Crippen LogP contribution is 2.45. The average Bonchev–Trinajstić information content (AvgIpc) is 3.82. The molecule has 3 heterocycles. The minimum atomic E-state index is 0.668. The Bertz CT molecular complexity index is 3390. The standard InChI is InChI=1S/C49H27N3S2/c1-2-15-30-28(13-1)29-14-3-5-19-34(29)44-35-20-6-4-16-31(35)41(27-40(30)44)49-51-47(38-23-11-21-36-32-17-7-9-25-42(32)53-45(36)38)50-48(52-49)39-24-12-22-37-33-18-8-10-26-43(33)54-46(37)39/h1-27H. The molecule has 0 bridgehead atoms. The van der Waals surface area contributed by atoms with Crippen LogP contribution in [0.4, 0.5) is 0 Å². The Hall–Kier alpha value is -6.53. The summed E-state index contributed by atoms with van der Waals surface area (Å²) in [6.45, 7) is 0. The smallest absolute Gasteiger partial charge is 0.165 e. The molecule has 0 N–H and O–H groups in total. The van der Waals surface area contributed by atoms with Gasteiger partial charge in [0, 0.05) is 57.0 Å². The van der Waals surface area contributed by atoms with Crippen molar-refractivity contribution in [2.45, 2.75) is 0 Å². The summed E-state index contributed by atoms with van der Waals surface area (Å²) in [6, 6.07) is 58.9. The van der Waals surface area contributed by atoms with Crippen molar-refractivity contribution >= 4 is 106 Å². The number of benzene rings is 9. The van der Waals surface area contributed by atoms with Gasteiger partial charge in [0.05, 0.1) is 0 Å². The molecule has 3 aromatic heterocycles. The van der Waals surface area contributed by atoms with E-state index in [0.717, 1.165) is 22.1 Å². The van der Waals surface area contributed by atoms with Crippen molar-refractivity contribution in [3.63, 3.8) is 0 Å². The molecule has 0 aliphatic heterocycles. The van der Waals surface area contributed by atoms with Gasteiger partial charge in [0.2, 0.25) is 0 Å². The number of aromatic nitrogens is 3. The maximum absolute atomic E-state index is 5.43. The summed E-state index contributed by atoms with van der Waals surface area (Å²) in [4.78, 5) is 16.2. The van der Waals surface area contributed by atoms with Gasteiger partial charge in [0.1, 0.15) is 0 Å². The molecule has 250 valence electrons. The minimum Gasteiger partial charge on any atom is -0.208 e. The number of rotatable bonds is 3. The summed E-state index contributed by atoms with van der Waals surface area (Å²) >= 11 is 3.60. The van der Waals surface area contributed by atoms with E-state index in [-0.39, 0.29) is 0 Å². The van der Waals surface area contributed by atoms with Crippen LogP contribution in [0.2, 0.25) is 0 Å². The molecule has 12 aromatic rings. The molecule has 0 fully saturated rings. The number of hydrogen-bond acceptors (Lipinski definition) is 5. The van der Waals surface area contributed by atoms with E-state index < -0.39 is 0 Å². The Labute approximate surface area is 317 Å². The van der Waals surface area contributed by atoms with Crippen LogP contribution >= 0.6 is 22.7 Å². The first-order valence-corrected chi connectivity index (χ1v) is 19.7. The van der Waals surface area contributed by atoms with E-state index in [1.807, 2.05) is 0 Å². The van der Waals surface area contributed by atoms with Gasteiger partial charge in [-0.1, -0.05) is 133 Å². The van der Waals surface area contributed by atoms with Gasteiger partial charge in [-0.15, -0.1) is 22.7 Å². The lowest BCUT2D eigenvalue weighted by atomic mass is 9.89. The van der Waals surface area contributed by atoms with Crippen molar-refractivity contribution < 1.29 is 0 Å². The molecule has 0 unspecified atom stereocenters. The maximum atomic E-state index is 5.43. The number of nitrogens with zero attached hydrogens (tertiary/aromatic N) is 3. The fourth-order valence-electron chi connectivity index (χ4n) is 8.54. The van der Waals surface area contributed by atoms with E-state index >= 15 is 0 Å². The minimum absolute atomic E-state index is 0.668. The fourth-order valence-corrected chi connectivity index (χ4v) is 11.0. The van der Waals surface area contributed by atoms with Crippen LogP contribution < -0.4 is 0 Å². The van der Waals surface area contributed by atoms with Gasteiger partial charge in [-0.25, -0.2) is 15.0 Å². The molecule has 0 aliphatic rings. The molecule has 5 heteroatoms. The molecule has 0 amide bonds. The van der Waals surface area contributed by atoms with Crippen LogP contribution in [0.3, 0.4) is 0 Å². The van der Waals surface area contributed by atoms with Crippen LogP contribution in [0.5, 0.6) is 0 Å². The van der Waals surface area contributed by atoms with Crippen molar-refractivity contribution in [3.05, 3.63) is 164 Å². The third-order valence-electron chi connectivity index (χ3n) is 10.9. The molecular formula is C49H27N3S2. The molecule has 3 nitrogen and oxygen atoms in total. The summed E-state index contributed by atoms with van der Waals surface area (Å²) in [5.74, 6) is 2.03. The largest absolute Gasteiger partial charge is 0.208 e. The molecule has 12 rings (SSSR count). The van der Waals surface area contributed by atoms with Crippen LogP contribution in [0.15, 0.2) is 164 Å². The number of thiophene rings is 2. The van der Waals surface area contributed by atoms with E-state index in [1.54, 1.807) is 22.7 Å². The zero-order valence-electron chi connectivity index (χ0n) is 28.7. The van der Waals surface area contributed by atoms with Crippen LogP contribution in [0.25, 0.3) is 118 Å². The Kier molecular flexibility index (Phi) is 6.38. The fraction of sp³-hybridized carbons (Fsp3) is 0. The zero-order valence-corrected chi connectivity index (χ0v) is 30.4. The first-order valence-electron chi connectivity index (χ1n) is 18.1. The quantitative estimate of drug-likeness (QED) is 0.171. The predicted octanol–water partition coefficient (Wildman–Crippen LogP) is 14.2. The predicted molar refractivity (Wildman–Crippen MR) is 232 cm³/mol. The zero-order chi connectivity index (χ0) is 35.3. The van der Waals surface area contributed by atoms with Gasteiger partial charge < -0.3 is 0 Å². The Morgan fingerprint density at radius 2 is 0.648 bits per heavy atom. The summed E-state index contributed by atoms with van der Waals surface area (Å²) < 4.78 is 4.87. The van der Waals surface area contributed by atoms with Crippen LogP contribution in [-0.2, 0) is 0 Å². The molecule has 0 aliphatic carbocycles. The number of fused-ring (bicyclic) bond motifs is 14. The Morgan fingerprint density at radius 1 is 0.278 bits per heavy atom. The highest BCUT2D eigenvalue weighted by atomic mass is 32.1. The summed E-state index contributed by atoms with van der Waals surface area (Å²) in [5.41, 5.74) is 3.03. The third kappa shape index (κ3) is 4.31. The van der Waals surface area contributed by atoms with Crippen LogP contribution in [0.1, 0.15) is 0 Å². The first kappa shape index (κ1) is 30.0. The highest BCUT2D eigenvalue weighted by Gasteiger charge is 2.21. The molecule has 0 saturated carbocycles. The summed E-state index contributed by atoms with van der Waals surface area (Å²) in [6.07, 6.45) is 0. The van der Waals surface area contributed by atoms with Crippen molar-refractivity contribution in [2.75, 3.05) is 0 Å². The second-order valence-electron chi connectivity index (χ2n) is 13.9. The lowest BCUT2D eigenvalue weighted by molar-refractivity contribution is 1.08. The first-order chi connectivity index (χ1) is 26.8. The second kappa shape index (κ2) is 11.5. The van der Waals surface area contributed by atoms with Gasteiger partial charge >= 0.3 is 0 Å². The molecular weight excluding hydrogens is 695 g/mol. The Morgan fingerprint density at radius 3 is 1.19 bits per heavy atom. The normalized spacial score (nSPS) is 12.1. The lowest BCUT2D eigenvalue weighted by Gasteiger charge is -2.16. The van der Waals surface area contributed by atoms with Gasteiger partial charge in [-0.05, 0) is 73.4 Å². The molecule has 0 radical (unpaired) electrons. The number of hydrogen-bond donors (Lipinski definition) is 0. The van der Waals surface area contributed by atoms with E-state index in [1.165, 1.54) is 78.0 Å². The van der Waals surface area contributed by atoms with E-state index in [2.05, 4.69) is 164 Å². The molecule has 0 atom stereocenters. The second-order valence-corrected chi connectivity index (χ2v) is 16.0. The van der Waals surface area contributed by atoms with Gasteiger partial charge in [0.15, 0.2) is 17.5 Å². The SMILES string of the molecule is c1ccc2c(c1)sc1c(-c3nc(-c4cc5c6ccccc6c6ccccc6c5c5ccccc45)nc(-c4cccc5c4sc4ccccc45)n3)cccc12. The van der Waals surface area contributed by atoms with Crippen molar-refractivity contribution in [1.29, 1.82) is 0 Å². The monoisotopic (exact) mass is 721 g/mol. The Balaban J connectivity index is 1.22. The van der Waals surface area contributed by atoms with Crippen LogP contribution in [-0.4, -0.2) is 15.0 Å². The van der Waals surface area contributed by atoms with Crippen molar-refractivity contribution in [1.82, 2.24) is 15.0 Å². The van der Waals surface area contributed by atoms with E-state index in [0.29, 0.717) is 17.5 Å². The lowest BCUT2D eigenvalue weighted by Crippen LogP contribution is -2.01.